The zero-order valence-corrected chi connectivity index (χ0v) is 14.3. The maximum absolute atomic E-state index is 5.46. The van der Waals surface area contributed by atoms with Crippen LogP contribution in [0.5, 0.6) is 23.0 Å². The molecule has 0 amide bonds. The number of nitrogens with one attached hydrogen (secondary N) is 1. The summed E-state index contributed by atoms with van der Waals surface area (Å²) in [6, 6.07) is 11.0. The Morgan fingerprint density at radius 1 is 0.783 bits per heavy atom. The lowest BCUT2D eigenvalue weighted by Crippen LogP contribution is -2.11. The van der Waals surface area contributed by atoms with Gasteiger partial charge < -0.3 is 24.3 Å². The van der Waals surface area contributed by atoms with E-state index in [0.717, 1.165) is 11.3 Å². The first-order chi connectivity index (χ1) is 11.1. The summed E-state index contributed by atoms with van der Waals surface area (Å²) in [6.07, 6.45) is 0. The van der Waals surface area contributed by atoms with Crippen LogP contribution in [-0.4, -0.2) is 33.4 Å². The SMILES string of the molecule is COc1ccc(NC(=S)c2ccc(OC)c(OC)c2)c(OC)c1. The fourth-order valence-electron chi connectivity index (χ4n) is 2.07. The van der Waals surface area contributed by atoms with Gasteiger partial charge in [-0.25, -0.2) is 0 Å². The Morgan fingerprint density at radius 3 is 2.09 bits per heavy atom. The van der Waals surface area contributed by atoms with E-state index in [-0.39, 0.29) is 0 Å². The molecule has 23 heavy (non-hydrogen) atoms. The molecule has 0 bridgehead atoms. The summed E-state index contributed by atoms with van der Waals surface area (Å²) >= 11 is 5.46. The largest absolute Gasteiger partial charge is 0.497 e. The highest BCUT2D eigenvalue weighted by atomic mass is 32.1. The van der Waals surface area contributed by atoms with Gasteiger partial charge in [0.05, 0.1) is 34.1 Å². The van der Waals surface area contributed by atoms with Gasteiger partial charge in [-0.05, 0) is 30.3 Å². The van der Waals surface area contributed by atoms with E-state index in [1.807, 2.05) is 30.3 Å². The standard InChI is InChI=1S/C17H19NO4S/c1-19-12-6-7-13(15(10-12)21-3)18-17(23)11-5-8-14(20-2)16(9-11)22-4/h5-10H,1-4H3,(H,18,23). The first-order valence-electron chi connectivity index (χ1n) is 6.88. The first kappa shape index (κ1) is 16.9. The Bertz CT molecular complexity index is 703. The van der Waals surface area contributed by atoms with Gasteiger partial charge in [0.25, 0.3) is 0 Å². The summed E-state index contributed by atoms with van der Waals surface area (Å²) in [5.41, 5.74) is 1.57. The van der Waals surface area contributed by atoms with Gasteiger partial charge >= 0.3 is 0 Å². The van der Waals surface area contributed by atoms with Crippen LogP contribution in [-0.2, 0) is 0 Å². The number of hydrogen-bond acceptors (Lipinski definition) is 5. The van der Waals surface area contributed by atoms with Gasteiger partial charge in [0.1, 0.15) is 16.5 Å². The predicted molar refractivity (Wildman–Crippen MR) is 94.4 cm³/mol. The average molecular weight is 333 g/mol. The number of ether oxygens (including phenoxy) is 4. The summed E-state index contributed by atoms with van der Waals surface area (Å²) in [5.74, 6) is 2.63. The van der Waals surface area contributed by atoms with Crippen molar-refractivity contribution in [3.8, 4) is 23.0 Å². The molecular formula is C17H19NO4S. The monoisotopic (exact) mass is 333 g/mol. The minimum Gasteiger partial charge on any atom is -0.497 e. The van der Waals surface area contributed by atoms with Gasteiger partial charge in [-0.2, -0.15) is 0 Å². The minimum absolute atomic E-state index is 0.550. The molecule has 0 saturated carbocycles. The number of anilines is 1. The fourth-order valence-corrected chi connectivity index (χ4v) is 2.31. The van der Waals surface area contributed by atoms with Crippen LogP contribution in [0.1, 0.15) is 5.56 Å². The molecule has 1 N–H and O–H groups in total. The molecule has 2 aromatic carbocycles. The number of hydrogen-bond donors (Lipinski definition) is 1. The van der Waals surface area contributed by atoms with Gasteiger partial charge in [-0.3, -0.25) is 0 Å². The molecular weight excluding hydrogens is 314 g/mol. The predicted octanol–water partition coefficient (Wildman–Crippen LogP) is 3.51. The van der Waals surface area contributed by atoms with E-state index in [9.17, 15) is 0 Å². The minimum atomic E-state index is 0.550. The van der Waals surface area contributed by atoms with Gasteiger partial charge in [-0.15, -0.1) is 0 Å². The zero-order valence-electron chi connectivity index (χ0n) is 13.5. The molecule has 0 aliphatic heterocycles. The van der Waals surface area contributed by atoms with Crippen LogP contribution in [0.4, 0.5) is 5.69 Å². The van der Waals surface area contributed by atoms with Crippen molar-refractivity contribution >= 4 is 22.9 Å². The summed E-state index contributed by atoms with van der Waals surface area (Å²) in [7, 11) is 6.39. The Morgan fingerprint density at radius 2 is 1.48 bits per heavy atom. The molecule has 6 heteroatoms. The van der Waals surface area contributed by atoms with E-state index in [1.54, 1.807) is 34.5 Å². The van der Waals surface area contributed by atoms with E-state index in [1.165, 1.54) is 0 Å². The molecule has 0 heterocycles. The maximum atomic E-state index is 5.46. The fraction of sp³-hybridized carbons (Fsp3) is 0.235. The normalized spacial score (nSPS) is 9.91. The van der Waals surface area contributed by atoms with Gasteiger partial charge in [0.2, 0.25) is 0 Å². The van der Waals surface area contributed by atoms with Crippen LogP contribution < -0.4 is 24.3 Å². The lowest BCUT2D eigenvalue weighted by Gasteiger charge is -2.14. The molecule has 0 aliphatic carbocycles. The first-order valence-corrected chi connectivity index (χ1v) is 7.29. The second kappa shape index (κ2) is 7.69. The Labute approximate surface area is 141 Å². The van der Waals surface area contributed by atoms with Crippen molar-refractivity contribution in [1.29, 1.82) is 0 Å². The van der Waals surface area contributed by atoms with Crippen LogP contribution in [0.15, 0.2) is 36.4 Å². The molecule has 0 radical (unpaired) electrons. The van der Waals surface area contributed by atoms with Crippen LogP contribution >= 0.6 is 12.2 Å². The molecule has 0 aliphatic rings. The smallest absolute Gasteiger partial charge is 0.161 e. The average Bonchev–Trinajstić information content (AvgIpc) is 2.61. The summed E-state index contributed by atoms with van der Waals surface area (Å²) in [6.45, 7) is 0. The van der Waals surface area contributed by atoms with Gasteiger partial charge in [0, 0.05) is 11.6 Å². The molecule has 5 nitrogen and oxygen atoms in total. The van der Waals surface area contributed by atoms with E-state index in [4.69, 9.17) is 31.2 Å². The number of methoxy groups -OCH3 is 4. The van der Waals surface area contributed by atoms with Crippen molar-refractivity contribution in [2.75, 3.05) is 33.8 Å². The van der Waals surface area contributed by atoms with Crippen LogP contribution in [0.2, 0.25) is 0 Å². The third-order valence-electron chi connectivity index (χ3n) is 3.30. The number of rotatable bonds is 6. The van der Waals surface area contributed by atoms with Crippen molar-refractivity contribution in [1.82, 2.24) is 0 Å². The van der Waals surface area contributed by atoms with Crippen molar-refractivity contribution in [3.05, 3.63) is 42.0 Å². The lowest BCUT2D eigenvalue weighted by molar-refractivity contribution is 0.355. The summed E-state index contributed by atoms with van der Waals surface area (Å²) in [5, 5.41) is 3.17. The summed E-state index contributed by atoms with van der Waals surface area (Å²) in [4.78, 5) is 0.550. The molecule has 0 spiro atoms. The zero-order chi connectivity index (χ0) is 16.8. The molecule has 0 unspecified atom stereocenters. The third kappa shape index (κ3) is 3.84. The Balaban J connectivity index is 2.25. The van der Waals surface area contributed by atoms with Crippen LogP contribution in [0.25, 0.3) is 0 Å². The molecule has 0 fully saturated rings. The Kier molecular flexibility index (Phi) is 5.65. The quantitative estimate of drug-likeness (QED) is 0.817. The highest BCUT2D eigenvalue weighted by molar-refractivity contribution is 7.81. The molecule has 0 atom stereocenters. The van der Waals surface area contributed by atoms with E-state index < -0.39 is 0 Å². The van der Waals surface area contributed by atoms with Crippen molar-refractivity contribution in [3.63, 3.8) is 0 Å². The molecule has 0 aromatic heterocycles. The number of thiocarbonyl (C=S) groups is 1. The van der Waals surface area contributed by atoms with E-state index in [0.29, 0.717) is 28.0 Å². The highest BCUT2D eigenvalue weighted by Gasteiger charge is 2.11. The van der Waals surface area contributed by atoms with Crippen molar-refractivity contribution in [2.45, 2.75) is 0 Å². The number of benzene rings is 2. The van der Waals surface area contributed by atoms with Crippen molar-refractivity contribution in [2.24, 2.45) is 0 Å². The molecule has 0 saturated heterocycles. The van der Waals surface area contributed by atoms with Gasteiger partial charge in [0.15, 0.2) is 11.5 Å². The second-order valence-electron chi connectivity index (χ2n) is 4.59. The van der Waals surface area contributed by atoms with Crippen molar-refractivity contribution < 1.29 is 18.9 Å². The van der Waals surface area contributed by atoms with Gasteiger partial charge in [-0.1, -0.05) is 12.2 Å². The molecule has 2 aromatic rings. The summed E-state index contributed by atoms with van der Waals surface area (Å²) < 4.78 is 21.1. The highest BCUT2D eigenvalue weighted by Crippen LogP contribution is 2.31. The van der Waals surface area contributed by atoms with Crippen LogP contribution in [0.3, 0.4) is 0 Å². The van der Waals surface area contributed by atoms with E-state index in [2.05, 4.69) is 5.32 Å². The molecule has 2 rings (SSSR count). The maximum Gasteiger partial charge on any atom is 0.161 e. The Hall–Kier alpha value is -2.47. The molecule has 122 valence electrons. The van der Waals surface area contributed by atoms with Crippen LogP contribution in [0, 0.1) is 0 Å². The second-order valence-corrected chi connectivity index (χ2v) is 5.00. The van der Waals surface area contributed by atoms with E-state index >= 15 is 0 Å². The third-order valence-corrected chi connectivity index (χ3v) is 3.64. The topological polar surface area (TPSA) is 49.0 Å². The lowest BCUT2D eigenvalue weighted by atomic mass is 10.2.